The molecule has 0 amide bonds. The Morgan fingerprint density at radius 1 is 1.54 bits per heavy atom. The van der Waals surface area contributed by atoms with Crippen LogP contribution in [0.1, 0.15) is 13.3 Å². The number of carbonyl (C=O) groups is 1. The van der Waals surface area contributed by atoms with Gasteiger partial charge in [-0.2, -0.15) is 0 Å². The highest BCUT2D eigenvalue weighted by atomic mass is 127. The molecule has 0 aliphatic carbocycles. The van der Waals surface area contributed by atoms with E-state index in [1.165, 1.54) is 0 Å². The monoisotopic (exact) mass is 536 g/mol. The van der Waals surface area contributed by atoms with Crippen molar-refractivity contribution in [1.29, 1.82) is 0 Å². The molecule has 0 fully saturated rings. The van der Waals surface area contributed by atoms with Crippen LogP contribution in [0.3, 0.4) is 0 Å². The summed E-state index contributed by atoms with van der Waals surface area (Å²) in [7, 11) is 0. The first kappa shape index (κ1) is 14.6. The van der Waals surface area contributed by atoms with E-state index in [1.807, 2.05) is 6.92 Å². The Bertz CT molecular complexity index is 215. The second kappa shape index (κ2) is 7.86. The van der Waals surface area contributed by atoms with E-state index in [0.717, 1.165) is 12.5 Å². The summed E-state index contributed by atoms with van der Waals surface area (Å²) in [6.07, 6.45) is 0.741. The van der Waals surface area contributed by atoms with Crippen LogP contribution in [-0.4, -0.2) is 17.4 Å². The zero-order valence-corrected chi connectivity index (χ0v) is 14.3. The number of ether oxygens (including phenoxy) is 1. The van der Waals surface area contributed by atoms with Gasteiger partial charge in [-0.05, 0) is 67.5 Å². The normalized spacial score (nSPS) is 14.8. The molecule has 0 rings (SSSR count). The third-order valence-electron chi connectivity index (χ3n) is 1.16. The molecule has 0 aromatic rings. The predicted molar refractivity (Wildman–Crippen MR) is 78.0 cm³/mol. The van der Waals surface area contributed by atoms with E-state index in [0.29, 0.717) is 6.61 Å². The first-order valence-electron chi connectivity index (χ1n) is 3.49. The maximum Gasteiger partial charge on any atom is 0.320 e. The molecule has 1 atom stereocenters. The average Bonchev–Trinajstić information content (AvgIpc) is 2.11. The highest BCUT2D eigenvalue weighted by Crippen LogP contribution is 2.25. The first-order valence-corrected chi connectivity index (χ1v) is 7.36. The summed E-state index contributed by atoms with van der Waals surface area (Å²) >= 11 is 10.8. The van der Waals surface area contributed by atoms with E-state index in [4.69, 9.17) is 4.74 Å². The molecule has 13 heavy (non-hydrogen) atoms. The smallest absolute Gasteiger partial charge is 0.320 e. The molecule has 0 heterocycles. The van der Waals surface area contributed by atoms with Crippen molar-refractivity contribution in [3.63, 3.8) is 0 Å². The van der Waals surface area contributed by atoms with E-state index in [9.17, 15) is 4.79 Å². The lowest BCUT2D eigenvalue weighted by Crippen LogP contribution is -2.17. The van der Waals surface area contributed by atoms with Crippen molar-refractivity contribution in [2.24, 2.45) is 0 Å². The zero-order chi connectivity index (χ0) is 10.4. The average molecular weight is 538 g/mol. The van der Waals surface area contributed by atoms with Crippen molar-refractivity contribution < 1.29 is 9.53 Å². The molecule has 0 N–H and O–H groups in total. The topological polar surface area (TPSA) is 26.3 Å². The third-order valence-corrected chi connectivity index (χ3v) is 5.94. The molecule has 6 heteroatoms. The molecular formula is C7H8Br2I2O2. The fourth-order valence-corrected chi connectivity index (χ4v) is 1.00. The molecule has 0 aliphatic heterocycles. The van der Waals surface area contributed by atoms with E-state index < -0.39 is 0 Å². The summed E-state index contributed by atoms with van der Waals surface area (Å²) < 4.78 is 6.99. The van der Waals surface area contributed by atoms with E-state index in [1.54, 1.807) is 0 Å². The number of hydrogen-bond donors (Lipinski definition) is 0. The predicted octanol–water partition coefficient (Wildman–Crippen LogP) is 4.14. The summed E-state index contributed by atoms with van der Waals surface area (Å²) in [6, 6.07) is 0. The Morgan fingerprint density at radius 3 is 2.46 bits per heavy atom. The largest absolute Gasteiger partial charge is 0.459 e. The third kappa shape index (κ3) is 6.67. The zero-order valence-electron chi connectivity index (χ0n) is 6.82. The molecule has 0 aromatic carbocycles. The van der Waals surface area contributed by atoms with Gasteiger partial charge < -0.3 is 4.74 Å². The quantitative estimate of drug-likeness (QED) is 0.306. The minimum absolute atomic E-state index is 0.190. The van der Waals surface area contributed by atoms with Crippen LogP contribution in [0.25, 0.3) is 0 Å². The van der Waals surface area contributed by atoms with Crippen LogP contribution in [-0.2, 0) is 9.53 Å². The molecule has 0 saturated heterocycles. The SMILES string of the molecule is CCC(Br)C(=O)OC/C(I)=C(\Br)I. The maximum absolute atomic E-state index is 11.2. The highest BCUT2D eigenvalue weighted by molar-refractivity contribution is 14.1. The van der Waals surface area contributed by atoms with Crippen molar-refractivity contribution in [3.8, 4) is 0 Å². The van der Waals surface area contributed by atoms with E-state index >= 15 is 0 Å². The van der Waals surface area contributed by atoms with Gasteiger partial charge >= 0.3 is 5.97 Å². The molecule has 0 saturated carbocycles. The first-order chi connectivity index (χ1) is 5.99. The number of carbonyl (C=O) groups excluding carboxylic acids is 1. The minimum Gasteiger partial charge on any atom is -0.459 e. The van der Waals surface area contributed by atoms with Crippen molar-refractivity contribution >= 4 is 83.0 Å². The molecule has 0 spiro atoms. The summed E-state index contributed by atoms with van der Waals surface area (Å²) in [5, 5.41) is 0. The molecule has 0 aliphatic rings. The number of esters is 1. The Labute approximate surface area is 122 Å². The highest BCUT2D eigenvalue weighted by Gasteiger charge is 2.14. The van der Waals surface area contributed by atoms with Gasteiger partial charge in [0.25, 0.3) is 0 Å². The van der Waals surface area contributed by atoms with Gasteiger partial charge in [-0.15, -0.1) is 0 Å². The Hall–Kier alpha value is 1.63. The van der Waals surface area contributed by atoms with Crippen molar-refractivity contribution in [1.82, 2.24) is 0 Å². The van der Waals surface area contributed by atoms with Gasteiger partial charge in [0.15, 0.2) is 0 Å². The van der Waals surface area contributed by atoms with Crippen molar-refractivity contribution in [2.45, 2.75) is 18.2 Å². The maximum atomic E-state index is 11.2. The van der Waals surface area contributed by atoms with Crippen LogP contribution in [0.2, 0.25) is 0 Å². The molecule has 2 nitrogen and oxygen atoms in total. The lowest BCUT2D eigenvalue weighted by Gasteiger charge is -2.07. The van der Waals surface area contributed by atoms with Crippen LogP contribution < -0.4 is 0 Å². The fourth-order valence-electron chi connectivity index (χ4n) is 0.446. The van der Waals surface area contributed by atoms with Crippen molar-refractivity contribution in [3.05, 3.63) is 6.07 Å². The number of rotatable bonds is 4. The molecule has 0 radical (unpaired) electrons. The lowest BCUT2D eigenvalue weighted by molar-refractivity contribution is -0.141. The summed E-state index contributed by atoms with van der Waals surface area (Å²) in [4.78, 5) is 11.0. The van der Waals surface area contributed by atoms with Gasteiger partial charge in [-0.1, -0.05) is 22.9 Å². The summed E-state index contributed by atoms with van der Waals surface area (Å²) in [6.45, 7) is 2.26. The van der Waals surface area contributed by atoms with E-state index in [-0.39, 0.29) is 10.8 Å². The Morgan fingerprint density at radius 2 is 2.08 bits per heavy atom. The van der Waals surface area contributed by atoms with Gasteiger partial charge in [0.2, 0.25) is 0 Å². The summed E-state index contributed by atoms with van der Waals surface area (Å²) in [5.74, 6) is -0.207. The molecule has 0 bridgehead atoms. The Kier molecular flexibility index (Phi) is 8.85. The van der Waals surface area contributed by atoms with Crippen LogP contribution in [0, 0.1) is 0 Å². The summed E-state index contributed by atoms with van der Waals surface area (Å²) in [5.41, 5.74) is 0. The second-order valence-corrected chi connectivity index (χ2v) is 7.91. The minimum atomic E-state index is -0.207. The molecule has 0 aromatic heterocycles. The van der Waals surface area contributed by atoms with Crippen LogP contribution in [0.15, 0.2) is 6.07 Å². The number of alkyl halides is 1. The standard InChI is InChI=1S/C7H8Br2I2O2/c1-2-4(8)7(12)13-3-5(10)6(9)11/h4H,2-3H2,1H3/b6-5-. The van der Waals surface area contributed by atoms with Gasteiger partial charge in [-0.25, -0.2) is 0 Å². The fraction of sp³-hybridized carbons (Fsp3) is 0.571. The van der Waals surface area contributed by atoms with Gasteiger partial charge in [0.1, 0.15) is 11.4 Å². The number of hydrogen-bond acceptors (Lipinski definition) is 2. The molecule has 1 unspecified atom stereocenters. The second-order valence-electron chi connectivity index (χ2n) is 2.15. The lowest BCUT2D eigenvalue weighted by atomic mass is 10.3. The van der Waals surface area contributed by atoms with Crippen LogP contribution >= 0.6 is 77.0 Å². The molecular weight excluding hydrogens is 530 g/mol. The van der Waals surface area contributed by atoms with Crippen molar-refractivity contribution in [2.75, 3.05) is 6.61 Å². The Balaban J connectivity index is 3.91. The van der Waals surface area contributed by atoms with Gasteiger partial charge in [0.05, 0.1) is 2.49 Å². The number of halogens is 4. The van der Waals surface area contributed by atoms with Gasteiger partial charge in [0, 0.05) is 3.58 Å². The van der Waals surface area contributed by atoms with E-state index in [2.05, 4.69) is 77.0 Å². The van der Waals surface area contributed by atoms with Crippen LogP contribution in [0.4, 0.5) is 0 Å². The molecule has 76 valence electrons. The van der Waals surface area contributed by atoms with Crippen LogP contribution in [0.5, 0.6) is 0 Å². The van der Waals surface area contributed by atoms with Gasteiger partial charge in [-0.3, -0.25) is 4.79 Å².